The molecule has 0 heterocycles. The highest BCUT2D eigenvalue weighted by molar-refractivity contribution is 6.31. The van der Waals surface area contributed by atoms with Crippen molar-refractivity contribution in [2.45, 2.75) is 32.7 Å². The fourth-order valence-electron chi connectivity index (χ4n) is 1.50. The fraction of sp³-hybridized carbons (Fsp3) is 0.462. The number of amides is 1. The summed E-state index contributed by atoms with van der Waals surface area (Å²) in [6, 6.07) is 3.51. The normalized spacial score (nSPS) is 11.4. The lowest BCUT2D eigenvalue weighted by Crippen LogP contribution is -2.19. The van der Waals surface area contributed by atoms with Crippen LogP contribution in [0, 0.1) is 6.92 Å². The molecule has 1 amide bonds. The molecule has 0 aliphatic heterocycles. The van der Waals surface area contributed by atoms with Gasteiger partial charge in [-0.25, -0.2) is 0 Å². The molecule has 0 aromatic heterocycles. The Labute approximate surface area is 125 Å². The van der Waals surface area contributed by atoms with E-state index in [0.29, 0.717) is 29.3 Å². The third-order valence-electron chi connectivity index (χ3n) is 2.58. The molecule has 3 N–H and O–H groups in total. The van der Waals surface area contributed by atoms with Gasteiger partial charge in [0.2, 0.25) is 5.91 Å². The summed E-state index contributed by atoms with van der Waals surface area (Å²) in [6.45, 7) is 3.75. The molecule has 1 aromatic rings. The lowest BCUT2D eigenvalue weighted by Gasteiger charge is -2.12. The average Bonchev–Trinajstić information content (AvgIpc) is 2.31. The number of nitrogens with one attached hydrogen (secondary N) is 1. The van der Waals surface area contributed by atoms with E-state index in [1.807, 2.05) is 13.8 Å². The zero-order valence-corrected chi connectivity index (χ0v) is 12.9. The molecule has 1 atom stereocenters. The Balaban J connectivity index is 0.00000324. The molecule has 0 saturated carbocycles. The van der Waals surface area contributed by atoms with Crippen molar-refractivity contribution in [3.8, 4) is 5.75 Å². The van der Waals surface area contributed by atoms with Crippen molar-refractivity contribution in [3.63, 3.8) is 0 Å². The van der Waals surface area contributed by atoms with Crippen molar-refractivity contribution in [2.75, 3.05) is 12.4 Å². The number of carbonyl (C=O) groups is 1. The summed E-state index contributed by atoms with van der Waals surface area (Å²) in [4.78, 5) is 11.7. The van der Waals surface area contributed by atoms with E-state index in [1.54, 1.807) is 19.2 Å². The topological polar surface area (TPSA) is 64.3 Å². The number of benzene rings is 1. The average molecular weight is 307 g/mol. The summed E-state index contributed by atoms with van der Waals surface area (Å²) in [5.41, 5.74) is 7.13. The third kappa shape index (κ3) is 5.68. The van der Waals surface area contributed by atoms with E-state index < -0.39 is 0 Å². The van der Waals surface area contributed by atoms with Crippen molar-refractivity contribution in [1.82, 2.24) is 0 Å². The highest BCUT2D eigenvalue weighted by Crippen LogP contribution is 2.31. The lowest BCUT2D eigenvalue weighted by atomic mass is 10.1. The van der Waals surface area contributed by atoms with Crippen LogP contribution in [0.2, 0.25) is 5.02 Å². The van der Waals surface area contributed by atoms with E-state index in [0.717, 1.165) is 5.56 Å². The molecule has 108 valence electrons. The molecule has 6 heteroatoms. The molecule has 19 heavy (non-hydrogen) atoms. The number of aryl methyl sites for hydroxylation is 1. The van der Waals surface area contributed by atoms with Crippen LogP contribution in [0.1, 0.15) is 25.3 Å². The Morgan fingerprint density at radius 3 is 2.68 bits per heavy atom. The molecule has 0 radical (unpaired) electrons. The second-order valence-electron chi connectivity index (χ2n) is 4.37. The van der Waals surface area contributed by atoms with Crippen molar-refractivity contribution < 1.29 is 9.53 Å². The first-order valence-electron chi connectivity index (χ1n) is 5.83. The van der Waals surface area contributed by atoms with Gasteiger partial charge in [-0.1, -0.05) is 11.6 Å². The first kappa shape index (κ1) is 18.0. The zero-order valence-electron chi connectivity index (χ0n) is 11.3. The largest absolute Gasteiger partial charge is 0.495 e. The van der Waals surface area contributed by atoms with Crippen molar-refractivity contribution in [2.24, 2.45) is 5.73 Å². The summed E-state index contributed by atoms with van der Waals surface area (Å²) < 4.78 is 5.18. The van der Waals surface area contributed by atoms with Crippen molar-refractivity contribution in [1.29, 1.82) is 0 Å². The van der Waals surface area contributed by atoms with Crippen LogP contribution in [0.15, 0.2) is 12.1 Å². The Morgan fingerprint density at radius 1 is 1.53 bits per heavy atom. The van der Waals surface area contributed by atoms with E-state index in [1.165, 1.54) is 0 Å². The first-order chi connectivity index (χ1) is 8.43. The maximum Gasteiger partial charge on any atom is 0.224 e. The molecule has 1 rings (SSSR count). The molecule has 1 aromatic carbocycles. The summed E-state index contributed by atoms with van der Waals surface area (Å²) in [5, 5.41) is 3.42. The van der Waals surface area contributed by atoms with Gasteiger partial charge in [0.1, 0.15) is 5.75 Å². The molecule has 4 nitrogen and oxygen atoms in total. The maximum absolute atomic E-state index is 11.7. The van der Waals surface area contributed by atoms with Gasteiger partial charge in [0.25, 0.3) is 0 Å². The monoisotopic (exact) mass is 306 g/mol. The first-order valence-corrected chi connectivity index (χ1v) is 6.21. The van der Waals surface area contributed by atoms with E-state index in [4.69, 9.17) is 22.1 Å². The predicted molar refractivity (Wildman–Crippen MR) is 81.5 cm³/mol. The van der Waals surface area contributed by atoms with Gasteiger partial charge >= 0.3 is 0 Å². The third-order valence-corrected chi connectivity index (χ3v) is 2.99. The van der Waals surface area contributed by atoms with Gasteiger partial charge in [0, 0.05) is 23.6 Å². The van der Waals surface area contributed by atoms with E-state index in [9.17, 15) is 4.79 Å². The zero-order chi connectivity index (χ0) is 13.7. The molecular formula is C13H20Cl2N2O2. The number of nitrogens with two attached hydrogens (primary N) is 1. The number of hydrogen-bond donors (Lipinski definition) is 2. The number of carbonyl (C=O) groups excluding carboxylic acids is 1. The second-order valence-corrected chi connectivity index (χ2v) is 4.77. The minimum absolute atomic E-state index is 0. The Bertz CT molecular complexity index is 437. The molecule has 1 unspecified atom stereocenters. The molecular weight excluding hydrogens is 287 g/mol. The van der Waals surface area contributed by atoms with Crippen LogP contribution in [-0.2, 0) is 4.79 Å². The standard InChI is InChI=1S/C13H19ClN2O2.ClH/c1-8-6-11(12(18-3)7-10(8)14)16-13(17)5-4-9(2)15;/h6-7,9H,4-5,15H2,1-3H3,(H,16,17);1H. The Kier molecular flexibility index (Phi) is 7.83. The van der Waals surface area contributed by atoms with Crippen molar-refractivity contribution >= 4 is 35.6 Å². The van der Waals surface area contributed by atoms with Crippen LogP contribution < -0.4 is 15.8 Å². The van der Waals surface area contributed by atoms with Crippen LogP contribution in [0.5, 0.6) is 5.75 Å². The maximum atomic E-state index is 11.7. The minimum Gasteiger partial charge on any atom is -0.495 e. The van der Waals surface area contributed by atoms with Crippen LogP contribution in [0.25, 0.3) is 0 Å². The van der Waals surface area contributed by atoms with E-state index in [2.05, 4.69) is 5.32 Å². The van der Waals surface area contributed by atoms with Gasteiger partial charge < -0.3 is 15.8 Å². The van der Waals surface area contributed by atoms with Crippen LogP contribution >= 0.6 is 24.0 Å². The summed E-state index contributed by atoms with van der Waals surface area (Å²) in [7, 11) is 1.54. The van der Waals surface area contributed by atoms with Crippen LogP contribution in [-0.4, -0.2) is 19.1 Å². The summed E-state index contributed by atoms with van der Waals surface area (Å²) in [6.07, 6.45) is 1.04. The molecule has 0 bridgehead atoms. The van der Waals surface area contributed by atoms with Gasteiger partial charge in [-0.15, -0.1) is 12.4 Å². The molecule has 0 saturated heterocycles. The smallest absolute Gasteiger partial charge is 0.224 e. The molecule has 0 aliphatic carbocycles. The van der Waals surface area contributed by atoms with E-state index >= 15 is 0 Å². The number of hydrogen-bond acceptors (Lipinski definition) is 3. The Morgan fingerprint density at radius 2 is 2.16 bits per heavy atom. The van der Waals surface area contributed by atoms with Crippen LogP contribution in [0.4, 0.5) is 5.69 Å². The lowest BCUT2D eigenvalue weighted by molar-refractivity contribution is -0.116. The fourth-order valence-corrected chi connectivity index (χ4v) is 1.65. The van der Waals surface area contributed by atoms with Crippen molar-refractivity contribution in [3.05, 3.63) is 22.7 Å². The summed E-state index contributed by atoms with van der Waals surface area (Å²) in [5.74, 6) is 0.479. The number of anilines is 1. The second kappa shape index (κ2) is 8.25. The van der Waals surface area contributed by atoms with Crippen LogP contribution in [0.3, 0.4) is 0 Å². The number of methoxy groups -OCH3 is 1. The molecule has 0 spiro atoms. The van der Waals surface area contributed by atoms with Gasteiger partial charge in [-0.2, -0.15) is 0 Å². The summed E-state index contributed by atoms with van der Waals surface area (Å²) >= 11 is 5.99. The highest BCUT2D eigenvalue weighted by Gasteiger charge is 2.10. The van der Waals surface area contributed by atoms with E-state index in [-0.39, 0.29) is 24.4 Å². The van der Waals surface area contributed by atoms with Gasteiger partial charge in [-0.05, 0) is 31.9 Å². The minimum atomic E-state index is -0.0766. The number of halogens is 2. The quantitative estimate of drug-likeness (QED) is 0.878. The SMILES string of the molecule is COc1cc(Cl)c(C)cc1NC(=O)CCC(C)N.Cl. The van der Waals surface area contributed by atoms with Gasteiger partial charge in [0.05, 0.1) is 12.8 Å². The predicted octanol–water partition coefficient (Wildman–Crippen LogP) is 3.14. The number of rotatable bonds is 5. The number of ether oxygens (including phenoxy) is 1. The molecule has 0 fully saturated rings. The highest BCUT2D eigenvalue weighted by atomic mass is 35.5. The Hall–Kier alpha value is -0.970. The van der Waals surface area contributed by atoms with Gasteiger partial charge in [-0.3, -0.25) is 4.79 Å². The molecule has 0 aliphatic rings. The van der Waals surface area contributed by atoms with Gasteiger partial charge in [0.15, 0.2) is 0 Å².